The Morgan fingerprint density at radius 2 is 1.91 bits per heavy atom. The fraction of sp³-hybridized carbons (Fsp3) is 0.188. The fourth-order valence-electron chi connectivity index (χ4n) is 1.93. The van der Waals surface area contributed by atoms with E-state index in [9.17, 15) is 18.7 Å². The summed E-state index contributed by atoms with van der Waals surface area (Å²) in [5.41, 5.74) is 0.853. The molecule has 2 amide bonds. The van der Waals surface area contributed by atoms with Crippen LogP contribution >= 0.6 is 0 Å². The Morgan fingerprint density at radius 1 is 1.18 bits per heavy atom. The van der Waals surface area contributed by atoms with Crippen LogP contribution in [-0.4, -0.2) is 17.7 Å². The highest BCUT2D eigenvalue weighted by Gasteiger charge is 2.14. The van der Waals surface area contributed by atoms with Gasteiger partial charge >= 0.3 is 6.03 Å². The lowest BCUT2D eigenvalue weighted by molar-refractivity contribution is 0.170. The number of halogens is 2. The number of urea groups is 1. The van der Waals surface area contributed by atoms with E-state index in [1.807, 2.05) is 0 Å². The van der Waals surface area contributed by atoms with Gasteiger partial charge in [0.15, 0.2) is 0 Å². The van der Waals surface area contributed by atoms with Crippen LogP contribution in [0.2, 0.25) is 0 Å². The van der Waals surface area contributed by atoms with Crippen molar-refractivity contribution in [1.29, 1.82) is 0 Å². The zero-order chi connectivity index (χ0) is 16.1. The van der Waals surface area contributed by atoms with Gasteiger partial charge in [0.1, 0.15) is 11.6 Å². The summed E-state index contributed by atoms with van der Waals surface area (Å²) in [7, 11) is 0. The number of hydrogen-bond donors (Lipinski definition) is 3. The molecule has 3 N–H and O–H groups in total. The van der Waals surface area contributed by atoms with Crippen molar-refractivity contribution >= 4 is 11.7 Å². The first-order chi connectivity index (χ1) is 10.5. The highest BCUT2D eigenvalue weighted by atomic mass is 19.1. The van der Waals surface area contributed by atoms with Gasteiger partial charge in [0.25, 0.3) is 0 Å². The first-order valence-corrected chi connectivity index (χ1v) is 6.71. The van der Waals surface area contributed by atoms with Gasteiger partial charge < -0.3 is 15.7 Å². The number of anilines is 1. The van der Waals surface area contributed by atoms with Gasteiger partial charge in [-0.2, -0.15) is 0 Å². The lowest BCUT2D eigenvalue weighted by Crippen LogP contribution is -2.32. The van der Waals surface area contributed by atoms with Crippen LogP contribution in [0.15, 0.2) is 42.5 Å². The van der Waals surface area contributed by atoms with Crippen LogP contribution in [-0.2, 0) is 0 Å². The van der Waals surface area contributed by atoms with Crippen LogP contribution < -0.4 is 10.6 Å². The molecule has 4 nitrogen and oxygen atoms in total. The maximum absolute atomic E-state index is 13.6. The SMILES string of the molecule is Cc1ccc(NC(=O)NC[C@@H](O)c2ccccc2F)c(F)c1. The summed E-state index contributed by atoms with van der Waals surface area (Å²) >= 11 is 0. The molecular weight excluding hydrogens is 290 g/mol. The van der Waals surface area contributed by atoms with E-state index in [0.717, 1.165) is 5.56 Å². The summed E-state index contributed by atoms with van der Waals surface area (Å²) in [5.74, 6) is -1.11. The number of hydrogen-bond acceptors (Lipinski definition) is 2. The first-order valence-electron chi connectivity index (χ1n) is 6.71. The number of aliphatic hydroxyl groups is 1. The molecule has 22 heavy (non-hydrogen) atoms. The minimum absolute atomic E-state index is 0.0310. The highest BCUT2D eigenvalue weighted by Crippen LogP contribution is 2.17. The summed E-state index contributed by atoms with van der Waals surface area (Å²) in [6.07, 6.45) is -1.19. The third kappa shape index (κ3) is 4.02. The smallest absolute Gasteiger partial charge is 0.319 e. The molecule has 6 heteroatoms. The third-order valence-electron chi connectivity index (χ3n) is 3.09. The molecule has 2 aromatic carbocycles. The predicted molar refractivity (Wildman–Crippen MR) is 79.5 cm³/mol. The van der Waals surface area contributed by atoms with Crippen LogP contribution in [0.25, 0.3) is 0 Å². The van der Waals surface area contributed by atoms with Gasteiger partial charge in [0.2, 0.25) is 0 Å². The summed E-state index contributed by atoms with van der Waals surface area (Å²) in [5, 5.41) is 14.5. The first kappa shape index (κ1) is 15.9. The molecule has 0 aliphatic heterocycles. The van der Waals surface area contributed by atoms with E-state index in [1.54, 1.807) is 19.1 Å². The second kappa shape index (κ2) is 7.00. The van der Waals surface area contributed by atoms with Gasteiger partial charge in [-0.05, 0) is 30.7 Å². The van der Waals surface area contributed by atoms with Crippen molar-refractivity contribution in [1.82, 2.24) is 5.32 Å². The summed E-state index contributed by atoms with van der Waals surface area (Å²) in [4.78, 5) is 11.7. The van der Waals surface area contributed by atoms with Crippen molar-refractivity contribution in [3.63, 3.8) is 0 Å². The summed E-state index contributed by atoms with van der Waals surface area (Å²) in [6, 6.07) is 9.46. The van der Waals surface area contributed by atoms with Crippen LogP contribution in [0.4, 0.5) is 19.3 Å². The van der Waals surface area contributed by atoms with E-state index in [-0.39, 0.29) is 17.8 Å². The highest BCUT2D eigenvalue weighted by molar-refractivity contribution is 5.89. The molecule has 1 atom stereocenters. The van der Waals surface area contributed by atoms with Crippen molar-refractivity contribution in [3.8, 4) is 0 Å². The Morgan fingerprint density at radius 3 is 2.59 bits per heavy atom. The molecule has 0 aliphatic rings. The Kier molecular flexibility index (Phi) is 5.06. The minimum atomic E-state index is -1.19. The van der Waals surface area contributed by atoms with Gasteiger partial charge in [0, 0.05) is 12.1 Å². The van der Waals surface area contributed by atoms with E-state index in [0.29, 0.717) is 0 Å². The average Bonchev–Trinajstić information content (AvgIpc) is 2.48. The van der Waals surface area contributed by atoms with E-state index in [2.05, 4.69) is 10.6 Å². The lowest BCUT2D eigenvalue weighted by atomic mass is 10.1. The summed E-state index contributed by atoms with van der Waals surface area (Å²) in [6.45, 7) is 1.54. The predicted octanol–water partition coefficient (Wildman–Crippen LogP) is 3.13. The van der Waals surface area contributed by atoms with Crippen LogP contribution in [0.5, 0.6) is 0 Å². The molecule has 0 heterocycles. The third-order valence-corrected chi connectivity index (χ3v) is 3.09. The maximum atomic E-state index is 13.6. The van der Waals surface area contributed by atoms with Gasteiger partial charge in [-0.3, -0.25) is 0 Å². The number of carbonyl (C=O) groups excluding carboxylic acids is 1. The Labute approximate surface area is 126 Å². The van der Waals surface area contributed by atoms with Gasteiger partial charge in [-0.1, -0.05) is 24.3 Å². The standard InChI is InChI=1S/C16H16F2N2O2/c1-10-6-7-14(13(18)8-10)20-16(22)19-9-15(21)11-4-2-3-5-12(11)17/h2-8,15,21H,9H2,1H3,(H2,19,20,22)/t15-/m1/s1. The van der Waals surface area contributed by atoms with E-state index < -0.39 is 23.8 Å². The number of benzene rings is 2. The number of aryl methyl sites for hydroxylation is 1. The Bertz CT molecular complexity index is 677. The van der Waals surface area contributed by atoms with E-state index in [4.69, 9.17) is 0 Å². The van der Waals surface area contributed by atoms with Crippen molar-refractivity contribution < 1.29 is 18.7 Å². The largest absolute Gasteiger partial charge is 0.386 e. The molecule has 0 unspecified atom stereocenters. The number of aliphatic hydroxyl groups excluding tert-OH is 1. The minimum Gasteiger partial charge on any atom is -0.386 e. The molecular formula is C16H16F2N2O2. The number of nitrogens with one attached hydrogen (secondary N) is 2. The van der Waals surface area contributed by atoms with Crippen molar-refractivity contribution in [2.75, 3.05) is 11.9 Å². The lowest BCUT2D eigenvalue weighted by Gasteiger charge is -2.14. The molecule has 0 radical (unpaired) electrons. The molecule has 2 aromatic rings. The Hall–Kier alpha value is -2.47. The van der Waals surface area contributed by atoms with Gasteiger partial charge in [0.05, 0.1) is 11.8 Å². The monoisotopic (exact) mass is 306 g/mol. The average molecular weight is 306 g/mol. The second-order valence-corrected chi connectivity index (χ2v) is 4.86. The number of carbonyl (C=O) groups is 1. The van der Waals surface area contributed by atoms with Crippen molar-refractivity contribution in [3.05, 3.63) is 65.2 Å². The van der Waals surface area contributed by atoms with Crippen molar-refractivity contribution in [2.45, 2.75) is 13.0 Å². The van der Waals surface area contributed by atoms with Crippen LogP contribution in [0, 0.1) is 18.6 Å². The van der Waals surface area contributed by atoms with Crippen LogP contribution in [0.1, 0.15) is 17.2 Å². The summed E-state index contributed by atoms with van der Waals surface area (Å²) < 4.78 is 27.1. The number of amides is 2. The maximum Gasteiger partial charge on any atom is 0.319 e. The van der Waals surface area contributed by atoms with Crippen molar-refractivity contribution in [2.24, 2.45) is 0 Å². The second-order valence-electron chi connectivity index (χ2n) is 4.86. The molecule has 0 bridgehead atoms. The fourth-order valence-corrected chi connectivity index (χ4v) is 1.93. The van der Waals surface area contributed by atoms with E-state index in [1.165, 1.54) is 30.3 Å². The zero-order valence-corrected chi connectivity index (χ0v) is 11.9. The topological polar surface area (TPSA) is 61.4 Å². The van der Waals surface area contributed by atoms with Gasteiger partial charge in [-0.15, -0.1) is 0 Å². The molecule has 116 valence electrons. The normalized spacial score (nSPS) is 11.8. The van der Waals surface area contributed by atoms with Gasteiger partial charge in [-0.25, -0.2) is 13.6 Å². The number of rotatable bonds is 4. The Balaban J connectivity index is 1.91. The molecule has 0 aliphatic carbocycles. The molecule has 2 rings (SSSR count). The zero-order valence-electron chi connectivity index (χ0n) is 11.9. The molecule has 0 spiro atoms. The van der Waals surface area contributed by atoms with E-state index >= 15 is 0 Å². The van der Waals surface area contributed by atoms with Crippen LogP contribution in [0.3, 0.4) is 0 Å². The molecule has 0 saturated heterocycles. The molecule has 0 aromatic heterocycles. The molecule has 0 fully saturated rings. The quantitative estimate of drug-likeness (QED) is 0.812. The molecule has 0 saturated carbocycles.